The van der Waals surface area contributed by atoms with Gasteiger partial charge in [-0.05, 0) is 29.8 Å². The number of anilines is 1. The van der Waals surface area contributed by atoms with E-state index in [4.69, 9.17) is 54.5 Å². The van der Waals surface area contributed by atoms with E-state index in [0.717, 1.165) is 5.56 Å². The van der Waals surface area contributed by atoms with Crippen LogP contribution >= 0.6 is 34.8 Å². The van der Waals surface area contributed by atoms with Gasteiger partial charge >= 0.3 is 5.97 Å². The Hall–Kier alpha value is -4.01. The highest BCUT2D eigenvalue weighted by atomic mass is 35.5. The largest absolute Gasteiger partial charge is 0.486 e. The lowest BCUT2D eigenvalue weighted by molar-refractivity contribution is -0.139. The fourth-order valence-electron chi connectivity index (χ4n) is 4.57. The molecule has 0 spiro atoms. The molecule has 254 valence electrons. The Labute approximate surface area is 292 Å². The summed E-state index contributed by atoms with van der Waals surface area (Å²) in [5, 5.41) is 37.2. The number of pyridine rings is 2. The van der Waals surface area contributed by atoms with Crippen LogP contribution in [0.2, 0.25) is 15.1 Å². The molecule has 15 heteroatoms. The van der Waals surface area contributed by atoms with Crippen LogP contribution in [0.15, 0.2) is 60.8 Å². The summed E-state index contributed by atoms with van der Waals surface area (Å²) in [4.78, 5) is 32.4. The molecule has 12 nitrogen and oxygen atoms in total. The van der Waals surface area contributed by atoms with Crippen molar-refractivity contribution >= 4 is 52.4 Å². The monoisotopic (exact) mass is 717 g/mol. The summed E-state index contributed by atoms with van der Waals surface area (Å²) in [5.41, 5.74) is 3.56. The van der Waals surface area contributed by atoms with Crippen molar-refractivity contribution in [3.63, 3.8) is 0 Å². The lowest BCUT2D eigenvalue weighted by atomic mass is 10.0. The van der Waals surface area contributed by atoms with Crippen LogP contribution in [0, 0.1) is 0 Å². The standard InChI is InChI=1S/C33H34Cl3N5O7/c1-47-33-20(16-38-17-21(43)13-29(44)45)12-24(34)27(41-33)18-48-28-7-3-5-23(31(28)36)22-4-2-6-25(30(22)35)40-32(46)26-9-8-19(15-39-26)14-37-10-11-42/h2-9,12,15,21,37-38,42-43H,10-11,13-14,16-18H2,1H3,(H,40,46)(H,44,45)/t21-/m0/s1. The lowest BCUT2D eigenvalue weighted by Gasteiger charge is -2.16. The molecule has 0 aliphatic heterocycles. The number of ether oxygens (including phenoxy) is 2. The van der Waals surface area contributed by atoms with Crippen LogP contribution in [-0.4, -0.2) is 70.1 Å². The number of amides is 1. The molecule has 48 heavy (non-hydrogen) atoms. The normalized spacial score (nSPS) is 11.6. The van der Waals surface area contributed by atoms with Crippen molar-refractivity contribution in [3.8, 4) is 22.8 Å². The minimum Gasteiger partial charge on any atom is -0.486 e. The summed E-state index contributed by atoms with van der Waals surface area (Å²) in [6.45, 7) is 1.24. The summed E-state index contributed by atoms with van der Waals surface area (Å²) in [6.07, 6.45) is 0.164. The van der Waals surface area contributed by atoms with Crippen molar-refractivity contribution in [1.29, 1.82) is 0 Å². The number of rotatable bonds is 17. The smallest absolute Gasteiger partial charge is 0.306 e. The second kappa shape index (κ2) is 17.9. The molecular formula is C33H34Cl3N5O7. The van der Waals surface area contributed by atoms with Crippen molar-refractivity contribution in [2.45, 2.75) is 32.2 Å². The highest BCUT2D eigenvalue weighted by Gasteiger charge is 2.18. The third-order valence-electron chi connectivity index (χ3n) is 6.93. The van der Waals surface area contributed by atoms with Crippen LogP contribution in [0.5, 0.6) is 11.6 Å². The van der Waals surface area contributed by atoms with Crippen molar-refractivity contribution in [1.82, 2.24) is 20.6 Å². The van der Waals surface area contributed by atoms with Gasteiger partial charge in [0.05, 0.1) is 47.0 Å². The van der Waals surface area contributed by atoms with Crippen LogP contribution in [0.1, 0.15) is 33.7 Å². The third-order valence-corrected chi connectivity index (χ3v) is 8.05. The van der Waals surface area contributed by atoms with Crippen LogP contribution in [0.4, 0.5) is 5.69 Å². The second-order valence-electron chi connectivity index (χ2n) is 10.4. The maximum Gasteiger partial charge on any atom is 0.306 e. The highest BCUT2D eigenvalue weighted by Crippen LogP contribution is 2.41. The van der Waals surface area contributed by atoms with Crippen molar-refractivity contribution in [2.75, 3.05) is 32.1 Å². The van der Waals surface area contributed by atoms with E-state index in [1.165, 1.54) is 7.11 Å². The maximum atomic E-state index is 12.9. The first kappa shape index (κ1) is 36.8. The molecule has 0 unspecified atom stereocenters. The van der Waals surface area contributed by atoms with Gasteiger partial charge in [-0.3, -0.25) is 14.6 Å². The Balaban J connectivity index is 1.45. The van der Waals surface area contributed by atoms with Gasteiger partial charge in [-0.2, -0.15) is 0 Å². The number of carboxylic acids is 1. The van der Waals surface area contributed by atoms with E-state index in [9.17, 15) is 14.7 Å². The topological polar surface area (TPSA) is 175 Å². The van der Waals surface area contributed by atoms with E-state index in [1.54, 1.807) is 60.8 Å². The molecule has 0 saturated carbocycles. The Kier molecular flexibility index (Phi) is 13.8. The molecule has 2 aromatic carbocycles. The van der Waals surface area contributed by atoms with E-state index < -0.39 is 18.0 Å². The quantitative estimate of drug-likeness (QED) is 0.0815. The second-order valence-corrected chi connectivity index (χ2v) is 11.6. The molecule has 6 N–H and O–H groups in total. The number of carbonyl (C=O) groups is 2. The van der Waals surface area contributed by atoms with Gasteiger partial charge in [-0.1, -0.05) is 65.1 Å². The molecule has 1 amide bonds. The van der Waals surface area contributed by atoms with Gasteiger partial charge in [0.1, 0.15) is 23.7 Å². The number of aliphatic hydroxyl groups excluding tert-OH is 2. The number of nitrogens with zero attached hydrogens (tertiary/aromatic N) is 2. The van der Waals surface area contributed by atoms with Crippen LogP contribution in [-0.2, 0) is 24.5 Å². The summed E-state index contributed by atoms with van der Waals surface area (Å²) >= 11 is 20.1. The predicted molar refractivity (Wildman–Crippen MR) is 183 cm³/mol. The number of carboxylic acid groups (broad SMARTS) is 1. The lowest BCUT2D eigenvalue weighted by Crippen LogP contribution is -2.28. The van der Waals surface area contributed by atoms with E-state index in [1.807, 2.05) is 0 Å². The number of nitrogens with one attached hydrogen (secondary N) is 3. The zero-order valence-corrected chi connectivity index (χ0v) is 28.1. The number of aromatic nitrogens is 2. The van der Waals surface area contributed by atoms with E-state index >= 15 is 0 Å². The number of methoxy groups -OCH3 is 1. The Bertz CT molecular complexity index is 1730. The van der Waals surface area contributed by atoms with E-state index in [-0.39, 0.29) is 54.3 Å². The molecule has 4 aromatic rings. The molecule has 0 aliphatic carbocycles. The fraction of sp³-hybridized carbons (Fsp3) is 0.273. The number of hydrogen-bond donors (Lipinski definition) is 6. The maximum absolute atomic E-state index is 12.9. The summed E-state index contributed by atoms with van der Waals surface area (Å²) in [6, 6.07) is 15.4. The first-order chi connectivity index (χ1) is 23.1. The Morgan fingerprint density at radius 2 is 1.73 bits per heavy atom. The molecule has 1 atom stereocenters. The fourth-order valence-corrected chi connectivity index (χ4v) is 5.36. The molecule has 2 heterocycles. The number of aliphatic carboxylic acids is 1. The van der Waals surface area contributed by atoms with Gasteiger partial charge in [0.25, 0.3) is 5.91 Å². The Morgan fingerprint density at radius 1 is 0.979 bits per heavy atom. The van der Waals surface area contributed by atoms with Gasteiger partial charge in [0, 0.05) is 49.1 Å². The minimum atomic E-state index is -1.09. The third kappa shape index (κ3) is 10.0. The Morgan fingerprint density at radius 3 is 2.42 bits per heavy atom. The zero-order valence-electron chi connectivity index (χ0n) is 25.8. The van der Waals surface area contributed by atoms with Crippen LogP contribution in [0.25, 0.3) is 11.1 Å². The first-order valence-electron chi connectivity index (χ1n) is 14.7. The van der Waals surface area contributed by atoms with E-state index in [0.29, 0.717) is 51.9 Å². The van der Waals surface area contributed by atoms with Crippen LogP contribution in [0.3, 0.4) is 0 Å². The number of halogens is 3. The van der Waals surface area contributed by atoms with Gasteiger partial charge in [-0.25, -0.2) is 4.98 Å². The van der Waals surface area contributed by atoms with E-state index in [2.05, 4.69) is 25.9 Å². The van der Waals surface area contributed by atoms with Gasteiger partial charge in [-0.15, -0.1) is 0 Å². The molecule has 0 aliphatic rings. The number of carbonyl (C=O) groups excluding carboxylic acids is 1. The molecule has 0 radical (unpaired) electrons. The van der Waals surface area contributed by atoms with Crippen molar-refractivity contribution < 1.29 is 34.4 Å². The van der Waals surface area contributed by atoms with Gasteiger partial charge < -0.3 is 40.7 Å². The van der Waals surface area contributed by atoms with Crippen molar-refractivity contribution in [2.24, 2.45) is 0 Å². The average molecular weight is 719 g/mol. The van der Waals surface area contributed by atoms with Crippen LogP contribution < -0.4 is 25.4 Å². The summed E-state index contributed by atoms with van der Waals surface area (Å²) in [5.74, 6) is -0.912. The van der Waals surface area contributed by atoms with Gasteiger partial charge in [0.2, 0.25) is 5.88 Å². The SMILES string of the molecule is COc1nc(COc2cccc(-c3cccc(NC(=O)c4ccc(CNCCO)cn4)c3Cl)c2Cl)c(Cl)cc1CNC[C@@H](O)CC(=O)O. The summed E-state index contributed by atoms with van der Waals surface area (Å²) in [7, 11) is 1.46. The molecule has 0 bridgehead atoms. The molecule has 0 fully saturated rings. The number of benzene rings is 2. The molecular weight excluding hydrogens is 685 g/mol. The first-order valence-corrected chi connectivity index (χ1v) is 15.9. The highest BCUT2D eigenvalue weighted by molar-refractivity contribution is 6.39. The summed E-state index contributed by atoms with van der Waals surface area (Å²) < 4.78 is 11.4. The van der Waals surface area contributed by atoms with Crippen molar-refractivity contribution in [3.05, 3.63) is 98.4 Å². The molecule has 2 aromatic heterocycles. The minimum absolute atomic E-state index is 0.0285. The number of hydrogen-bond acceptors (Lipinski definition) is 10. The van der Waals surface area contributed by atoms with Gasteiger partial charge in [0.15, 0.2) is 0 Å². The zero-order chi connectivity index (χ0) is 34.6. The number of aliphatic hydroxyl groups is 2. The molecule has 0 saturated heterocycles. The average Bonchev–Trinajstić information content (AvgIpc) is 3.06. The predicted octanol–water partition coefficient (Wildman–Crippen LogP) is 4.95. The molecule has 4 rings (SSSR count).